The third-order valence-electron chi connectivity index (χ3n) is 3.70. The molecule has 140 valence electrons. The maximum Gasteiger partial charge on any atom is 0.262 e. The Labute approximate surface area is 154 Å². The molecule has 2 rings (SSSR count). The number of aryl methyl sites for hydroxylation is 1. The summed E-state index contributed by atoms with van der Waals surface area (Å²) in [7, 11) is 0. The largest absolute Gasteiger partial charge is 0.484 e. The molecule has 4 N–H and O–H groups in total. The monoisotopic (exact) mass is 357 g/mol. The Morgan fingerprint density at radius 2 is 1.81 bits per heavy atom. The van der Waals surface area contributed by atoms with Gasteiger partial charge in [-0.2, -0.15) is 0 Å². The van der Waals surface area contributed by atoms with Crippen molar-refractivity contribution in [3.8, 4) is 5.75 Å². The Morgan fingerprint density at radius 1 is 1.04 bits per heavy atom. The first-order chi connectivity index (χ1) is 12.7. The fraction of sp³-hybridized carbons (Fsp3) is 0.350. The van der Waals surface area contributed by atoms with Crippen molar-refractivity contribution < 1.29 is 14.6 Å². The van der Waals surface area contributed by atoms with Crippen LogP contribution >= 0.6 is 0 Å². The first-order valence-electron chi connectivity index (χ1n) is 8.78. The highest BCUT2D eigenvalue weighted by molar-refractivity contribution is 5.91. The molecule has 2 aromatic carbocycles. The summed E-state index contributed by atoms with van der Waals surface area (Å²) < 4.78 is 5.58. The smallest absolute Gasteiger partial charge is 0.262 e. The number of anilines is 1. The van der Waals surface area contributed by atoms with Gasteiger partial charge in [0, 0.05) is 31.9 Å². The number of aliphatic hydroxyl groups excluding tert-OH is 1. The number of rotatable bonds is 11. The van der Waals surface area contributed by atoms with E-state index < -0.39 is 0 Å². The van der Waals surface area contributed by atoms with Gasteiger partial charge in [0.1, 0.15) is 5.75 Å². The van der Waals surface area contributed by atoms with Gasteiger partial charge in [0.25, 0.3) is 5.91 Å². The van der Waals surface area contributed by atoms with E-state index in [0.29, 0.717) is 18.8 Å². The number of ether oxygens (including phenoxy) is 1. The van der Waals surface area contributed by atoms with Gasteiger partial charge in [-0.1, -0.05) is 29.8 Å². The number of amides is 1. The molecule has 0 atom stereocenters. The molecule has 0 spiro atoms. The minimum atomic E-state index is -0.188. The van der Waals surface area contributed by atoms with Crippen LogP contribution in [0.4, 0.5) is 5.69 Å². The van der Waals surface area contributed by atoms with E-state index in [1.54, 1.807) is 0 Å². The number of aliphatic hydroxyl groups is 1. The van der Waals surface area contributed by atoms with Gasteiger partial charge in [0.2, 0.25) is 0 Å². The van der Waals surface area contributed by atoms with Crippen LogP contribution in [-0.4, -0.2) is 43.9 Å². The summed E-state index contributed by atoms with van der Waals surface area (Å²) in [6.45, 7) is 5.05. The Morgan fingerprint density at radius 3 is 2.58 bits per heavy atom. The number of carbonyl (C=O) groups is 1. The molecule has 0 saturated carbocycles. The van der Waals surface area contributed by atoms with Crippen LogP contribution in [-0.2, 0) is 11.3 Å². The summed E-state index contributed by atoms with van der Waals surface area (Å²) in [5, 5.41) is 17.9. The van der Waals surface area contributed by atoms with Crippen LogP contribution in [0.2, 0.25) is 0 Å². The molecule has 1 amide bonds. The molecule has 26 heavy (non-hydrogen) atoms. The van der Waals surface area contributed by atoms with E-state index in [4.69, 9.17) is 9.84 Å². The highest BCUT2D eigenvalue weighted by atomic mass is 16.5. The highest BCUT2D eigenvalue weighted by Crippen LogP contribution is 2.14. The van der Waals surface area contributed by atoms with Crippen LogP contribution in [0, 0.1) is 6.92 Å². The molecule has 0 heterocycles. The molecular formula is C20H27N3O3. The second kappa shape index (κ2) is 11.3. The Hall–Kier alpha value is -2.41. The summed E-state index contributed by atoms with van der Waals surface area (Å²) >= 11 is 0. The lowest BCUT2D eigenvalue weighted by Crippen LogP contribution is -2.28. The van der Waals surface area contributed by atoms with Crippen molar-refractivity contribution in [3.63, 3.8) is 0 Å². The lowest BCUT2D eigenvalue weighted by molar-refractivity contribution is -0.118. The zero-order valence-corrected chi connectivity index (χ0v) is 15.1. The zero-order chi connectivity index (χ0) is 18.6. The van der Waals surface area contributed by atoms with E-state index >= 15 is 0 Å². The van der Waals surface area contributed by atoms with E-state index in [1.165, 1.54) is 0 Å². The van der Waals surface area contributed by atoms with Crippen molar-refractivity contribution in [2.75, 3.05) is 38.2 Å². The first-order valence-corrected chi connectivity index (χ1v) is 8.78. The van der Waals surface area contributed by atoms with Gasteiger partial charge in [-0.15, -0.1) is 0 Å². The summed E-state index contributed by atoms with van der Waals surface area (Å²) in [6, 6.07) is 15.3. The predicted octanol–water partition coefficient (Wildman–Crippen LogP) is 1.68. The van der Waals surface area contributed by atoms with E-state index in [1.807, 2.05) is 55.5 Å². The summed E-state index contributed by atoms with van der Waals surface area (Å²) in [6.07, 6.45) is 0. The second-order valence-corrected chi connectivity index (χ2v) is 6.00. The van der Waals surface area contributed by atoms with Gasteiger partial charge in [0.15, 0.2) is 6.61 Å². The van der Waals surface area contributed by atoms with Crippen molar-refractivity contribution in [1.82, 2.24) is 10.6 Å². The average molecular weight is 357 g/mol. The van der Waals surface area contributed by atoms with Gasteiger partial charge in [-0.25, -0.2) is 0 Å². The van der Waals surface area contributed by atoms with Gasteiger partial charge in [0.05, 0.1) is 6.61 Å². The van der Waals surface area contributed by atoms with Gasteiger partial charge < -0.3 is 25.8 Å². The summed E-state index contributed by atoms with van der Waals surface area (Å²) in [4.78, 5) is 12.0. The lowest BCUT2D eigenvalue weighted by atomic mass is 10.2. The molecule has 6 nitrogen and oxygen atoms in total. The topological polar surface area (TPSA) is 82.6 Å². The number of carbonyl (C=O) groups excluding carboxylic acids is 1. The summed E-state index contributed by atoms with van der Waals surface area (Å²) in [5.74, 6) is 0.481. The van der Waals surface area contributed by atoms with Gasteiger partial charge >= 0.3 is 0 Å². The van der Waals surface area contributed by atoms with E-state index in [2.05, 4.69) is 16.0 Å². The Kier molecular flexibility index (Phi) is 8.62. The lowest BCUT2D eigenvalue weighted by Gasteiger charge is -2.10. The van der Waals surface area contributed by atoms with Crippen molar-refractivity contribution in [2.45, 2.75) is 13.5 Å². The molecule has 0 radical (unpaired) electrons. The van der Waals surface area contributed by atoms with Crippen LogP contribution in [0.3, 0.4) is 0 Å². The van der Waals surface area contributed by atoms with Crippen molar-refractivity contribution in [1.29, 1.82) is 0 Å². The number of nitrogens with one attached hydrogen (secondary N) is 3. The molecule has 6 heteroatoms. The quantitative estimate of drug-likeness (QED) is 0.460. The van der Waals surface area contributed by atoms with E-state index in [0.717, 1.165) is 29.9 Å². The third kappa shape index (κ3) is 7.65. The van der Waals surface area contributed by atoms with Crippen LogP contribution in [0.5, 0.6) is 5.75 Å². The maximum absolute atomic E-state index is 12.0. The molecule has 0 aliphatic heterocycles. The molecule has 0 aromatic heterocycles. The maximum atomic E-state index is 12.0. The molecule has 0 bridgehead atoms. The number of hydrogen-bond acceptors (Lipinski definition) is 5. The van der Waals surface area contributed by atoms with Crippen LogP contribution in [0.25, 0.3) is 0 Å². The molecule has 2 aromatic rings. The summed E-state index contributed by atoms with van der Waals surface area (Å²) in [5.41, 5.74) is 2.99. The minimum Gasteiger partial charge on any atom is -0.484 e. The second-order valence-electron chi connectivity index (χ2n) is 6.00. The SMILES string of the molecule is Cc1ccc(NC(=O)COc2cccc(CNCCNCCO)c2)cc1. The van der Waals surface area contributed by atoms with E-state index in [-0.39, 0.29) is 19.1 Å². The predicted molar refractivity (Wildman–Crippen MR) is 103 cm³/mol. The molecular weight excluding hydrogens is 330 g/mol. The molecule has 0 unspecified atom stereocenters. The number of hydrogen-bond donors (Lipinski definition) is 4. The van der Waals surface area contributed by atoms with Crippen LogP contribution in [0.1, 0.15) is 11.1 Å². The fourth-order valence-electron chi connectivity index (χ4n) is 2.34. The van der Waals surface area contributed by atoms with Crippen molar-refractivity contribution >= 4 is 11.6 Å². The zero-order valence-electron chi connectivity index (χ0n) is 15.1. The average Bonchev–Trinajstić information content (AvgIpc) is 2.65. The standard InChI is InChI=1S/C20H27N3O3/c1-16-5-7-18(8-6-16)23-20(25)15-26-19-4-2-3-17(13-19)14-22-10-9-21-11-12-24/h2-8,13,21-22,24H,9-12,14-15H2,1H3,(H,23,25). The first kappa shape index (κ1) is 19.9. The number of benzene rings is 2. The highest BCUT2D eigenvalue weighted by Gasteiger charge is 2.04. The van der Waals surface area contributed by atoms with Crippen molar-refractivity contribution in [2.24, 2.45) is 0 Å². The molecule has 0 aliphatic carbocycles. The van der Waals surface area contributed by atoms with Crippen LogP contribution in [0.15, 0.2) is 48.5 Å². The molecule has 0 saturated heterocycles. The third-order valence-corrected chi connectivity index (χ3v) is 3.70. The molecule has 0 aliphatic rings. The van der Waals surface area contributed by atoms with Crippen LogP contribution < -0.4 is 20.7 Å². The van der Waals surface area contributed by atoms with Crippen molar-refractivity contribution in [3.05, 3.63) is 59.7 Å². The fourth-order valence-corrected chi connectivity index (χ4v) is 2.34. The van der Waals surface area contributed by atoms with Gasteiger partial charge in [-0.3, -0.25) is 4.79 Å². The molecule has 0 fully saturated rings. The van der Waals surface area contributed by atoms with Gasteiger partial charge in [-0.05, 0) is 36.8 Å². The Balaban J connectivity index is 1.71. The Bertz CT molecular complexity index is 674. The normalized spacial score (nSPS) is 10.5. The minimum absolute atomic E-state index is 0.0319. The van der Waals surface area contributed by atoms with E-state index in [9.17, 15) is 4.79 Å².